The predicted octanol–water partition coefficient (Wildman–Crippen LogP) is 3.17. The molecule has 0 saturated heterocycles. The fourth-order valence-corrected chi connectivity index (χ4v) is 2.86. The number of ether oxygens (including phenoxy) is 2. The van der Waals surface area contributed by atoms with Crippen LogP contribution in [0.2, 0.25) is 0 Å². The molecule has 0 bridgehead atoms. The number of nitrogens with zero attached hydrogens (tertiary/aromatic N) is 2. The molecule has 0 aliphatic carbocycles. The van der Waals surface area contributed by atoms with Gasteiger partial charge in [0.05, 0.1) is 13.2 Å². The van der Waals surface area contributed by atoms with Gasteiger partial charge < -0.3 is 14.4 Å². The first kappa shape index (κ1) is 25.2. The number of likely N-dealkylation sites (N-methyl/N-ethyl adjacent to an activating group) is 2. The monoisotopic (exact) mass is 386 g/mol. The first-order valence-corrected chi connectivity index (χ1v) is 9.78. The van der Waals surface area contributed by atoms with Crippen molar-refractivity contribution >= 4 is 18.0 Å². The number of esters is 1. The summed E-state index contributed by atoms with van der Waals surface area (Å²) in [5, 5.41) is 0. The molecule has 27 heavy (non-hydrogen) atoms. The zero-order chi connectivity index (χ0) is 21.3. The summed E-state index contributed by atoms with van der Waals surface area (Å²) >= 11 is 0. The molecule has 0 saturated carbocycles. The quantitative estimate of drug-likeness (QED) is 0.539. The molecule has 7 nitrogen and oxygen atoms in total. The summed E-state index contributed by atoms with van der Waals surface area (Å²) in [4.78, 5) is 40.7. The van der Waals surface area contributed by atoms with Crippen LogP contribution in [0.25, 0.3) is 0 Å². The Morgan fingerprint density at radius 3 is 1.74 bits per heavy atom. The molecule has 2 unspecified atom stereocenters. The zero-order valence-electron chi connectivity index (χ0n) is 18.4. The topological polar surface area (TPSA) is 76.2 Å². The van der Waals surface area contributed by atoms with Crippen molar-refractivity contribution in [3.8, 4) is 0 Å². The predicted molar refractivity (Wildman–Crippen MR) is 105 cm³/mol. The minimum Gasteiger partial charge on any atom is -0.464 e. The summed E-state index contributed by atoms with van der Waals surface area (Å²) < 4.78 is 10.5. The highest BCUT2D eigenvalue weighted by Crippen LogP contribution is 2.19. The van der Waals surface area contributed by atoms with Gasteiger partial charge in [-0.05, 0) is 24.2 Å². The lowest BCUT2D eigenvalue weighted by Crippen LogP contribution is -2.56. The van der Waals surface area contributed by atoms with Crippen LogP contribution in [0.3, 0.4) is 0 Å². The fraction of sp³-hybridized carbons (Fsp3) is 0.850. The SMILES string of the molecule is CCCOC(=O)N(C)C(C(=O)N(C)C(C(=O)OCC(C)C)C(C)C)C(C)C. The first-order chi connectivity index (χ1) is 12.4. The Labute approximate surface area is 164 Å². The van der Waals surface area contributed by atoms with Crippen molar-refractivity contribution in [3.05, 3.63) is 0 Å². The van der Waals surface area contributed by atoms with Crippen molar-refractivity contribution in [1.29, 1.82) is 0 Å². The van der Waals surface area contributed by atoms with Crippen molar-refractivity contribution < 1.29 is 23.9 Å². The van der Waals surface area contributed by atoms with Gasteiger partial charge in [-0.25, -0.2) is 9.59 Å². The van der Waals surface area contributed by atoms with Crippen LogP contribution in [0.4, 0.5) is 4.79 Å². The molecule has 2 amide bonds. The molecule has 0 aliphatic heterocycles. The lowest BCUT2D eigenvalue weighted by Gasteiger charge is -2.36. The molecule has 158 valence electrons. The average molecular weight is 387 g/mol. The molecule has 0 heterocycles. The largest absolute Gasteiger partial charge is 0.464 e. The third-order valence-electron chi connectivity index (χ3n) is 4.22. The van der Waals surface area contributed by atoms with E-state index in [9.17, 15) is 14.4 Å². The highest BCUT2D eigenvalue weighted by Gasteiger charge is 2.38. The normalized spacial score (nSPS) is 13.5. The minimum absolute atomic E-state index is 0.122. The summed E-state index contributed by atoms with van der Waals surface area (Å²) in [6.07, 6.45) is 0.164. The molecule has 0 aromatic carbocycles. The van der Waals surface area contributed by atoms with E-state index in [1.54, 1.807) is 14.1 Å². The maximum Gasteiger partial charge on any atom is 0.410 e. The lowest BCUT2D eigenvalue weighted by atomic mass is 9.98. The van der Waals surface area contributed by atoms with Gasteiger partial charge in [0, 0.05) is 14.1 Å². The lowest BCUT2D eigenvalue weighted by molar-refractivity contribution is -0.158. The van der Waals surface area contributed by atoms with E-state index in [2.05, 4.69) is 0 Å². The molecule has 0 aromatic heterocycles. The van der Waals surface area contributed by atoms with E-state index in [-0.39, 0.29) is 23.7 Å². The van der Waals surface area contributed by atoms with E-state index in [0.29, 0.717) is 19.6 Å². The van der Waals surface area contributed by atoms with Crippen LogP contribution in [0.15, 0.2) is 0 Å². The Hall–Kier alpha value is -1.79. The van der Waals surface area contributed by atoms with E-state index < -0.39 is 24.1 Å². The van der Waals surface area contributed by atoms with Crippen LogP contribution < -0.4 is 0 Å². The van der Waals surface area contributed by atoms with Gasteiger partial charge >= 0.3 is 12.1 Å². The third kappa shape index (κ3) is 7.77. The van der Waals surface area contributed by atoms with Crippen LogP contribution in [0.1, 0.15) is 54.9 Å². The number of amides is 2. The molecule has 0 radical (unpaired) electrons. The number of hydrogen-bond donors (Lipinski definition) is 0. The van der Waals surface area contributed by atoms with Gasteiger partial charge in [0.15, 0.2) is 0 Å². The molecular weight excluding hydrogens is 348 g/mol. The second kappa shape index (κ2) is 11.8. The van der Waals surface area contributed by atoms with Gasteiger partial charge in [-0.1, -0.05) is 48.5 Å². The van der Waals surface area contributed by atoms with Crippen molar-refractivity contribution in [2.24, 2.45) is 17.8 Å². The third-order valence-corrected chi connectivity index (χ3v) is 4.22. The van der Waals surface area contributed by atoms with Crippen LogP contribution in [-0.4, -0.2) is 67.2 Å². The first-order valence-electron chi connectivity index (χ1n) is 9.78. The van der Waals surface area contributed by atoms with Crippen LogP contribution in [0.5, 0.6) is 0 Å². The summed E-state index contributed by atoms with van der Waals surface area (Å²) in [5.74, 6) is -0.775. The maximum atomic E-state index is 13.2. The van der Waals surface area contributed by atoms with Crippen LogP contribution in [-0.2, 0) is 19.1 Å². The van der Waals surface area contributed by atoms with Crippen molar-refractivity contribution in [3.63, 3.8) is 0 Å². The molecule has 0 aromatic rings. The van der Waals surface area contributed by atoms with Gasteiger partial charge in [-0.3, -0.25) is 9.69 Å². The van der Waals surface area contributed by atoms with Crippen molar-refractivity contribution in [2.45, 2.75) is 67.0 Å². The maximum absolute atomic E-state index is 13.2. The van der Waals surface area contributed by atoms with Crippen LogP contribution >= 0.6 is 0 Å². The summed E-state index contributed by atoms with van der Waals surface area (Å²) in [5.41, 5.74) is 0. The smallest absolute Gasteiger partial charge is 0.410 e. The summed E-state index contributed by atoms with van der Waals surface area (Å²) in [6.45, 7) is 13.9. The number of carbonyl (C=O) groups excluding carboxylic acids is 3. The van der Waals surface area contributed by atoms with E-state index in [1.165, 1.54) is 9.80 Å². The standard InChI is InChI=1S/C20H38N2O5/c1-10-11-26-20(25)22(9)16(14(4)5)18(23)21(8)17(15(6)7)19(24)27-12-13(2)3/h13-17H,10-12H2,1-9H3. The van der Waals surface area contributed by atoms with Gasteiger partial charge in [0.2, 0.25) is 5.91 Å². The van der Waals surface area contributed by atoms with E-state index in [4.69, 9.17) is 9.47 Å². The Kier molecular flexibility index (Phi) is 11.0. The Morgan fingerprint density at radius 2 is 1.33 bits per heavy atom. The zero-order valence-corrected chi connectivity index (χ0v) is 18.4. The van der Waals surface area contributed by atoms with Crippen molar-refractivity contribution in [2.75, 3.05) is 27.3 Å². The van der Waals surface area contributed by atoms with Gasteiger partial charge in [0.25, 0.3) is 0 Å². The molecule has 0 rings (SSSR count). The highest BCUT2D eigenvalue weighted by atomic mass is 16.6. The molecule has 2 atom stereocenters. The summed E-state index contributed by atoms with van der Waals surface area (Å²) in [6, 6.07) is -1.43. The Morgan fingerprint density at radius 1 is 0.815 bits per heavy atom. The Bertz CT molecular complexity index is 491. The fourth-order valence-electron chi connectivity index (χ4n) is 2.86. The summed E-state index contributed by atoms with van der Waals surface area (Å²) in [7, 11) is 3.14. The van der Waals surface area contributed by atoms with Crippen molar-refractivity contribution in [1.82, 2.24) is 9.80 Å². The second-order valence-electron chi connectivity index (χ2n) is 8.08. The van der Waals surface area contributed by atoms with Gasteiger partial charge in [-0.2, -0.15) is 0 Å². The van der Waals surface area contributed by atoms with E-state index in [1.807, 2.05) is 48.5 Å². The van der Waals surface area contributed by atoms with E-state index in [0.717, 1.165) is 0 Å². The highest BCUT2D eigenvalue weighted by molar-refractivity contribution is 5.89. The molecule has 0 spiro atoms. The minimum atomic E-state index is -0.724. The molecule has 7 heteroatoms. The van der Waals surface area contributed by atoms with Gasteiger partial charge in [0.1, 0.15) is 12.1 Å². The number of hydrogen-bond acceptors (Lipinski definition) is 5. The number of rotatable bonds is 10. The second-order valence-corrected chi connectivity index (χ2v) is 8.08. The van der Waals surface area contributed by atoms with Gasteiger partial charge in [-0.15, -0.1) is 0 Å². The van der Waals surface area contributed by atoms with E-state index >= 15 is 0 Å². The molecular formula is C20H38N2O5. The van der Waals surface area contributed by atoms with Crippen LogP contribution in [0, 0.1) is 17.8 Å². The average Bonchev–Trinajstić information content (AvgIpc) is 2.56. The molecule has 0 aliphatic rings. The Balaban J connectivity index is 5.43. The molecule has 0 fully saturated rings. The molecule has 0 N–H and O–H groups in total. The number of carbonyl (C=O) groups is 3.